The molecule has 0 amide bonds. The summed E-state index contributed by atoms with van der Waals surface area (Å²) in [7, 11) is 2.24. The van der Waals surface area contributed by atoms with E-state index in [1.807, 2.05) is 0 Å². The number of carbonyl (C=O) groups is 2. The van der Waals surface area contributed by atoms with Gasteiger partial charge in [0.25, 0.3) is 0 Å². The molecule has 0 unspecified atom stereocenters. The maximum absolute atomic E-state index is 11.7. The molecule has 0 aliphatic carbocycles. The van der Waals surface area contributed by atoms with Gasteiger partial charge in [0.15, 0.2) is 0 Å². The summed E-state index contributed by atoms with van der Waals surface area (Å²) in [5, 5.41) is 0. The molecule has 7 nitrogen and oxygen atoms in total. The van der Waals surface area contributed by atoms with Crippen LogP contribution in [0.1, 0.15) is 20.7 Å². The van der Waals surface area contributed by atoms with Crippen molar-refractivity contribution in [3.63, 3.8) is 0 Å². The molecule has 1 aromatic rings. The molecule has 1 rings (SSSR count). The lowest BCUT2D eigenvalue weighted by Gasteiger charge is -2.05. The van der Waals surface area contributed by atoms with Gasteiger partial charge in [-0.1, -0.05) is 0 Å². The maximum atomic E-state index is 11.7. The molecule has 16 heavy (non-hydrogen) atoms. The molecule has 86 valence electrons. The van der Waals surface area contributed by atoms with Crippen LogP contribution >= 0.6 is 0 Å². The molecule has 0 saturated heterocycles. The third kappa shape index (κ3) is 2.02. The van der Waals surface area contributed by atoms with E-state index in [9.17, 15) is 14.4 Å². The number of hydrogen-bond donors (Lipinski definition) is 1. The van der Waals surface area contributed by atoms with E-state index in [0.29, 0.717) is 0 Å². The minimum Gasteiger partial charge on any atom is -0.465 e. The highest BCUT2D eigenvalue weighted by molar-refractivity contribution is 5.94. The molecule has 0 fully saturated rings. The quantitative estimate of drug-likeness (QED) is 0.520. The Morgan fingerprint density at radius 3 is 1.81 bits per heavy atom. The Morgan fingerprint density at radius 2 is 1.50 bits per heavy atom. The van der Waals surface area contributed by atoms with Crippen LogP contribution in [0.4, 0.5) is 0 Å². The molecule has 0 aromatic carbocycles. The number of nitrogens with zero attached hydrogens (tertiary/aromatic N) is 1. The summed E-state index contributed by atoms with van der Waals surface area (Å²) in [6, 6.07) is 0. The first kappa shape index (κ1) is 11.8. The first-order chi connectivity index (χ1) is 7.51. The number of methoxy groups -OCH3 is 2. The van der Waals surface area contributed by atoms with E-state index in [4.69, 9.17) is 5.84 Å². The largest absolute Gasteiger partial charge is 0.465 e. The van der Waals surface area contributed by atoms with E-state index in [1.54, 1.807) is 0 Å². The first-order valence-corrected chi connectivity index (χ1v) is 4.19. The predicted octanol–water partition coefficient (Wildman–Crippen LogP) is -0.865. The van der Waals surface area contributed by atoms with Crippen molar-refractivity contribution in [2.24, 2.45) is 0 Å². The molecule has 1 heterocycles. The molecule has 0 spiro atoms. The minimum absolute atomic E-state index is 0.326. The monoisotopic (exact) mass is 226 g/mol. The van der Waals surface area contributed by atoms with Gasteiger partial charge in [-0.2, -0.15) is 0 Å². The third-order valence-corrected chi connectivity index (χ3v) is 1.86. The number of pyridine rings is 1. The summed E-state index contributed by atoms with van der Waals surface area (Å²) in [6.07, 6.45) is 2.14. The Labute approximate surface area is 90.3 Å². The predicted molar refractivity (Wildman–Crippen MR) is 53.5 cm³/mol. The third-order valence-electron chi connectivity index (χ3n) is 1.86. The molecular formula is C9H10N2O5. The Bertz CT molecular complexity index is 451. The normalized spacial score (nSPS) is 9.62. The lowest BCUT2D eigenvalue weighted by Crippen LogP contribution is -2.27. The van der Waals surface area contributed by atoms with E-state index in [2.05, 4.69) is 9.47 Å². The van der Waals surface area contributed by atoms with Crippen LogP contribution in [-0.2, 0) is 9.47 Å². The van der Waals surface area contributed by atoms with Crippen LogP contribution in [0.3, 0.4) is 0 Å². The molecule has 0 bridgehead atoms. The zero-order chi connectivity index (χ0) is 12.3. The molecule has 0 aliphatic heterocycles. The van der Waals surface area contributed by atoms with Crippen LogP contribution in [0, 0.1) is 0 Å². The molecule has 1 aromatic heterocycles. The molecule has 0 saturated carbocycles. The number of carbonyl (C=O) groups excluding carboxylic acids is 2. The van der Waals surface area contributed by atoms with Crippen molar-refractivity contribution < 1.29 is 19.1 Å². The van der Waals surface area contributed by atoms with E-state index in [0.717, 1.165) is 31.3 Å². The van der Waals surface area contributed by atoms with Crippen molar-refractivity contribution in [1.82, 2.24) is 4.68 Å². The Kier molecular flexibility index (Phi) is 3.29. The Balaban J connectivity index is 3.44. The highest BCUT2D eigenvalue weighted by Crippen LogP contribution is 1.99. The number of hydrogen-bond acceptors (Lipinski definition) is 6. The van der Waals surface area contributed by atoms with Gasteiger partial charge < -0.3 is 15.3 Å². The molecule has 2 N–H and O–H groups in total. The topological polar surface area (TPSA) is 101 Å². The second-order valence-electron chi connectivity index (χ2n) is 2.85. The van der Waals surface area contributed by atoms with Gasteiger partial charge >= 0.3 is 11.9 Å². The van der Waals surface area contributed by atoms with Gasteiger partial charge in [0.05, 0.1) is 14.2 Å². The van der Waals surface area contributed by atoms with Crippen molar-refractivity contribution in [1.29, 1.82) is 0 Å². The molecule has 7 heteroatoms. The first-order valence-electron chi connectivity index (χ1n) is 4.19. The zero-order valence-corrected chi connectivity index (χ0v) is 8.72. The Hall–Kier alpha value is -2.31. The average Bonchev–Trinajstić information content (AvgIpc) is 2.29. The fourth-order valence-corrected chi connectivity index (χ4v) is 1.11. The number of rotatable bonds is 2. The van der Waals surface area contributed by atoms with E-state index >= 15 is 0 Å². The molecular weight excluding hydrogens is 216 g/mol. The van der Waals surface area contributed by atoms with Crippen LogP contribution in [0.2, 0.25) is 0 Å². The van der Waals surface area contributed by atoms with E-state index in [1.165, 1.54) is 0 Å². The highest BCUT2D eigenvalue weighted by atomic mass is 16.5. The standard InChI is InChI=1S/C9H10N2O5/c1-15-8(13)5-3-11(10)4-6(7(5)12)9(14)16-2/h3-4H,10H2,1-2H3. The van der Waals surface area contributed by atoms with Gasteiger partial charge in [0.1, 0.15) is 11.1 Å². The fraction of sp³-hybridized carbons (Fsp3) is 0.222. The zero-order valence-electron chi connectivity index (χ0n) is 8.72. The lowest BCUT2D eigenvalue weighted by molar-refractivity contribution is 0.0594. The molecule has 0 atom stereocenters. The minimum atomic E-state index is -0.866. The summed E-state index contributed by atoms with van der Waals surface area (Å²) in [6.45, 7) is 0. The van der Waals surface area contributed by atoms with E-state index in [-0.39, 0.29) is 11.1 Å². The second kappa shape index (κ2) is 4.47. The van der Waals surface area contributed by atoms with Gasteiger partial charge in [-0.3, -0.25) is 9.47 Å². The summed E-state index contributed by atoms with van der Waals surface area (Å²) in [5.41, 5.74) is -1.43. The number of nitrogen functional groups attached to an aromatic ring is 1. The van der Waals surface area contributed by atoms with Crippen molar-refractivity contribution in [2.45, 2.75) is 0 Å². The number of aromatic nitrogens is 1. The summed E-state index contributed by atoms with van der Waals surface area (Å²) >= 11 is 0. The SMILES string of the molecule is COC(=O)c1cn(N)cc(C(=O)OC)c1=O. The lowest BCUT2D eigenvalue weighted by atomic mass is 10.2. The summed E-state index contributed by atoms with van der Waals surface area (Å²) in [5.74, 6) is 3.64. The van der Waals surface area contributed by atoms with Crippen LogP contribution in [0.5, 0.6) is 0 Å². The van der Waals surface area contributed by atoms with E-state index < -0.39 is 17.4 Å². The van der Waals surface area contributed by atoms with Crippen molar-refractivity contribution in [3.8, 4) is 0 Å². The smallest absolute Gasteiger partial charge is 0.343 e. The molecule has 0 aliphatic rings. The Morgan fingerprint density at radius 1 is 1.12 bits per heavy atom. The van der Waals surface area contributed by atoms with Gasteiger partial charge in [0.2, 0.25) is 5.43 Å². The van der Waals surface area contributed by atoms with Crippen LogP contribution < -0.4 is 11.3 Å². The van der Waals surface area contributed by atoms with Crippen LogP contribution in [0.25, 0.3) is 0 Å². The summed E-state index contributed by atoms with van der Waals surface area (Å²) < 4.78 is 9.68. The molecule has 0 radical (unpaired) electrons. The van der Waals surface area contributed by atoms with Crippen LogP contribution in [0.15, 0.2) is 17.2 Å². The van der Waals surface area contributed by atoms with Crippen molar-refractivity contribution in [3.05, 3.63) is 33.7 Å². The van der Waals surface area contributed by atoms with Gasteiger partial charge in [-0.15, -0.1) is 0 Å². The maximum Gasteiger partial charge on any atom is 0.343 e. The van der Waals surface area contributed by atoms with Crippen molar-refractivity contribution >= 4 is 11.9 Å². The number of ether oxygens (including phenoxy) is 2. The van der Waals surface area contributed by atoms with Crippen LogP contribution in [-0.4, -0.2) is 30.8 Å². The van der Waals surface area contributed by atoms with Gasteiger partial charge in [-0.25, -0.2) is 9.59 Å². The summed E-state index contributed by atoms with van der Waals surface area (Å²) in [4.78, 5) is 34.1. The number of esters is 2. The average molecular weight is 226 g/mol. The fourth-order valence-electron chi connectivity index (χ4n) is 1.11. The van der Waals surface area contributed by atoms with Crippen molar-refractivity contribution in [2.75, 3.05) is 20.1 Å². The highest BCUT2D eigenvalue weighted by Gasteiger charge is 2.19. The van der Waals surface area contributed by atoms with Gasteiger partial charge in [-0.05, 0) is 0 Å². The van der Waals surface area contributed by atoms with Gasteiger partial charge in [0, 0.05) is 12.4 Å². The number of nitrogens with two attached hydrogens (primary N) is 1. The second-order valence-corrected chi connectivity index (χ2v) is 2.85.